The molecular weight excluding hydrogens is 200 g/mol. The Morgan fingerprint density at radius 1 is 1.31 bits per heavy atom. The number of aliphatic imine (C=N–C) groups is 1. The Morgan fingerprint density at radius 3 is 2.50 bits per heavy atom. The van der Waals surface area contributed by atoms with Crippen LogP contribution in [-0.2, 0) is 0 Å². The second kappa shape index (κ2) is 4.75. The molecule has 1 aliphatic carbocycles. The summed E-state index contributed by atoms with van der Waals surface area (Å²) >= 11 is 0. The fraction of sp³-hybridized carbons (Fsp3) is 0.231. The summed E-state index contributed by atoms with van der Waals surface area (Å²) in [5.74, 6) is 0. The minimum Gasteiger partial charge on any atom is -0.404 e. The number of carbonyl (C=O) groups excluding carboxylic acids is 1. The third-order valence-electron chi connectivity index (χ3n) is 2.53. The Morgan fingerprint density at radius 2 is 2.00 bits per heavy atom. The number of nitrogens with zero attached hydrogens (tertiary/aromatic N) is 1. The summed E-state index contributed by atoms with van der Waals surface area (Å²) in [4.78, 5) is 14.9. The summed E-state index contributed by atoms with van der Waals surface area (Å²) in [6, 6.07) is 7.79. The van der Waals surface area contributed by atoms with Crippen molar-refractivity contribution < 1.29 is 4.79 Å². The van der Waals surface area contributed by atoms with Gasteiger partial charge in [0.1, 0.15) is 6.29 Å². The predicted molar refractivity (Wildman–Crippen MR) is 65.5 cm³/mol. The van der Waals surface area contributed by atoms with Crippen LogP contribution in [-0.4, -0.2) is 18.5 Å². The maximum Gasteiger partial charge on any atom is 0.150 e. The Hall–Kier alpha value is -1.90. The van der Waals surface area contributed by atoms with Crippen LogP contribution in [0.1, 0.15) is 28.8 Å². The molecule has 0 spiro atoms. The Balaban J connectivity index is 2.15. The lowest BCUT2D eigenvalue weighted by molar-refractivity contribution is 0.112. The average Bonchev–Trinajstić information content (AvgIpc) is 3.15. The molecule has 0 atom stereocenters. The minimum atomic E-state index is 0.490. The molecule has 16 heavy (non-hydrogen) atoms. The monoisotopic (exact) mass is 214 g/mol. The number of aldehydes is 1. The Labute approximate surface area is 94.7 Å². The zero-order valence-corrected chi connectivity index (χ0v) is 8.97. The second-order valence-electron chi connectivity index (χ2n) is 3.87. The standard InChI is InChI=1S/C13H14N2O/c14-7-12(8-15-13-5-6-13)11-3-1-10(9-16)2-4-11/h1-4,7-9,13H,5-6,14H2. The molecule has 1 saturated carbocycles. The van der Waals surface area contributed by atoms with Gasteiger partial charge in [0.25, 0.3) is 0 Å². The predicted octanol–water partition coefficient (Wildman–Crippen LogP) is 2.03. The highest BCUT2D eigenvalue weighted by Gasteiger charge is 2.18. The molecule has 0 radical (unpaired) electrons. The molecule has 0 saturated heterocycles. The number of nitrogens with two attached hydrogens (primary N) is 1. The first-order valence-corrected chi connectivity index (χ1v) is 5.34. The number of allylic oxidation sites excluding steroid dienone is 1. The van der Waals surface area contributed by atoms with Crippen LogP contribution in [0.2, 0.25) is 0 Å². The summed E-state index contributed by atoms with van der Waals surface area (Å²) in [7, 11) is 0. The van der Waals surface area contributed by atoms with Gasteiger partial charge >= 0.3 is 0 Å². The van der Waals surface area contributed by atoms with Gasteiger partial charge in [-0.15, -0.1) is 0 Å². The van der Waals surface area contributed by atoms with Crippen molar-refractivity contribution in [2.75, 3.05) is 0 Å². The lowest BCUT2D eigenvalue weighted by Gasteiger charge is -2.01. The molecule has 3 heteroatoms. The van der Waals surface area contributed by atoms with Crippen LogP contribution in [0.15, 0.2) is 35.5 Å². The van der Waals surface area contributed by atoms with Gasteiger partial charge in [-0.05, 0) is 18.4 Å². The van der Waals surface area contributed by atoms with E-state index in [0.717, 1.165) is 17.4 Å². The van der Waals surface area contributed by atoms with Gasteiger partial charge in [0, 0.05) is 23.6 Å². The van der Waals surface area contributed by atoms with Crippen LogP contribution in [0.5, 0.6) is 0 Å². The topological polar surface area (TPSA) is 55.4 Å². The molecule has 0 heterocycles. The van der Waals surface area contributed by atoms with Crippen molar-refractivity contribution in [1.29, 1.82) is 0 Å². The summed E-state index contributed by atoms with van der Waals surface area (Å²) < 4.78 is 0. The Kier molecular flexibility index (Phi) is 3.15. The summed E-state index contributed by atoms with van der Waals surface area (Å²) in [6.07, 6.45) is 6.54. The zero-order chi connectivity index (χ0) is 11.4. The van der Waals surface area contributed by atoms with Crippen molar-refractivity contribution in [2.45, 2.75) is 18.9 Å². The van der Waals surface area contributed by atoms with E-state index >= 15 is 0 Å². The van der Waals surface area contributed by atoms with Gasteiger partial charge in [-0.1, -0.05) is 24.3 Å². The normalized spacial score (nSPS) is 16.6. The van der Waals surface area contributed by atoms with Gasteiger partial charge in [0.05, 0.1) is 6.04 Å². The molecule has 1 fully saturated rings. The van der Waals surface area contributed by atoms with Crippen LogP contribution in [0.4, 0.5) is 0 Å². The van der Waals surface area contributed by atoms with Gasteiger partial charge in [0.2, 0.25) is 0 Å². The van der Waals surface area contributed by atoms with Crippen LogP contribution in [0, 0.1) is 0 Å². The molecule has 1 aromatic carbocycles. The number of benzene rings is 1. The molecule has 0 amide bonds. The molecule has 2 rings (SSSR count). The molecule has 0 bridgehead atoms. The van der Waals surface area contributed by atoms with E-state index in [2.05, 4.69) is 4.99 Å². The maximum atomic E-state index is 10.5. The molecular formula is C13H14N2O. The van der Waals surface area contributed by atoms with Crippen LogP contribution < -0.4 is 5.73 Å². The van der Waals surface area contributed by atoms with E-state index in [4.69, 9.17) is 5.73 Å². The fourth-order valence-electron chi connectivity index (χ4n) is 1.38. The van der Waals surface area contributed by atoms with Gasteiger partial charge < -0.3 is 5.73 Å². The van der Waals surface area contributed by atoms with E-state index in [-0.39, 0.29) is 0 Å². The minimum absolute atomic E-state index is 0.490. The maximum absolute atomic E-state index is 10.5. The van der Waals surface area contributed by atoms with Crippen molar-refractivity contribution in [1.82, 2.24) is 0 Å². The van der Waals surface area contributed by atoms with E-state index in [1.54, 1.807) is 18.3 Å². The van der Waals surface area contributed by atoms with E-state index in [0.29, 0.717) is 11.6 Å². The van der Waals surface area contributed by atoms with Crippen molar-refractivity contribution in [3.8, 4) is 0 Å². The van der Waals surface area contributed by atoms with Crippen molar-refractivity contribution in [3.05, 3.63) is 41.6 Å². The molecule has 2 N–H and O–H groups in total. The smallest absolute Gasteiger partial charge is 0.150 e. The largest absolute Gasteiger partial charge is 0.404 e. The molecule has 1 aliphatic rings. The molecule has 0 unspecified atom stereocenters. The number of hydrogen-bond donors (Lipinski definition) is 1. The fourth-order valence-corrected chi connectivity index (χ4v) is 1.38. The molecule has 0 aromatic heterocycles. The van der Waals surface area contributed by atoms with Crippen molar-refractivity contribution >= 4 is 18.1 Å². The van der Waals surface area contributed by atoms with E-state index < -0.39 is 0 Å². The van der Waals surface area contributed by atoms with Crippen molar-refractivity contribution in [2.24, 2.45) is 10.7 Å². The highest BCUT2D eigenvalue weighted by Crippen LogP contribution is 2.24. The molecule has 82 valence electrons. The zero-order valence-electron chi connectivity index (χ0n) is 8.97. The summed E-state index contributed by atoms with van der Waals surface area (Å²) in [5.41, 5.74) is 8.10. The van der Waals surface area contributed by atoms with E-state index in [1.165, 1.54) is 12.8 Å². The first kappa shape index (κ1) is 10.6. The highest BCUT2D eigenvalue weighted by atomic mass is 16.1. The molecule has 1 aromatic rings. The summed E-state index contributed by atoms with van der Waals surface area (Å²) in [6.45, 7) is 0. The van der Waals surface area contributed by atoms with Crippen LogP contribution >= 0.6 is 0 Å². The lowest BCUT2D eigenvalue weighted by Crippen LogP contribution is -1.93. The van der Waals surface area contributed by atoms with Gasteiger partial charge in [0.15, 0.2) is 0 Å². The van der Waals surface area contributed by atoms with Crippen LogP contribution in [0.3, 0.4) is 0 Å². The Bertz CT molecular complexity index is 428. The van der Waals surface area contributed by atoms with Gasteiger partial charge in [-0.3, -0.25) is 9.79 Å². The second-order valence-corrected chi connectivity index (χ2v) is 3.87. The van der Waals surface area contributed by atoms with Gasteiger partial charge in [-0.2, -0.15) is 0 Å². The number of carbonyl (C=O) groups is 1. The van der Waals surface area contributed by atoms with Crippen LogP contribution in [0.25, 0.3) is 5.57 Å². The van der Waals surface area contributed by atoms with E-state index in [1.807, 2.05) is 18.3 Å². The summed E-state index contributed by atoms with van der Waals surface area (Å²) in [5, 5.41) is 0. The lowest BCUT2D eigenvalue weighted by atomic mass is 10.1. The first-order chi connectivity index (χ1) is 7.83. The van der Waals surface area contributed by atoms with Crippen molar-refractivity contribution in [3.63, 3.8) is 0 Å². The van der Waals surface area contributed by atoms with Gasteiger partial charge in [-0.25, -0.2) is 0 Å². The average molecular weight is 214 g/mol. The number of rotatable bonds is 4. The molecule has 3 nitrogen and oxygen atoms in total. The number of hydrogen-bond acceptors (Lipinski definition) is 3. The van der Waals surface area contributed by atoms with E-state index in [9.17, 15) is 4.79 Å². The first-order valence-electron chi connectivity index (χ1n) is 5.34. The SMILES string of the molecule is NC=C(C=NC1CC1)c1ccc(C=O)cc1. The quantitative estimate of drug-likeness (QED) is 0.616. The highest BCUT2D eigenvalue weighted by molar-refractivity contribution is 6.09. The third kappa shape index (κ3) is 2.57. The molecule has 0 aliphatic heterocycles. The third-order valence-corrected chi connectivity index (χ3v) is 2.53.